The van der Waals surface area contributed by atoms with E-state index in [-0.39, 0.29) is 5.91 Å². The molecule has 4 rings (SSSR count). The van der Waals surface area contributed by atoms with Crippen molar-refractivity contribution in [2.45, 2.75) is 20.5 Å². The fourth-order valence-corrected chi connectivity index (χ4v) is 3.94. The van der Waals surface area contributed by atoms with Crippen LogP contribution >= 0.6 is 11.3 Å². The van der Waals surface area contributed by atoms with E-state index in [2.05, 4.69) is 10.3 Å². The first kappa shape index (κ1) is 19.0. The number of amides is 1. The number of hydrogen-bond acceptors (Lipinski definition) is 4. The zero-order valence-electron chi connectivity index (χ0n) is 16.3. The van der Waals surface area contributed by atoms with Gasteiger partial charge < -0.3 is 10.1 Å². The van der Waals surface area contributed by atoms with Crippen LogP contribution in [0.1, 0.15) is 27.3 Å². The highest BCUT2D eigenvalue weighted by molar-refractivity contribution is 7.12. The lowest BCUT2D eigenvalue weighted by Crippen LogP contribution is -2.13. The molecular formula is C23H21N3O2S. The maximum absolute atomic E-state index is 12.8. The Hall–Kier alpha value is -3.38. The Morgan fingerprint density at radius 2 is 1.86 bits per heavy atom. The molecule has 1 amide bonds. The quantitative estimate of drug-likeness (QED) is 0.470. The van der Waals surface area contributed by atoms with Crippen LogP contribution in [0.3, 0.4) is 0 Å². The van der Waals surface area contributed by atoms with Gasteiger partial charge in [0.2, 0.25) is 0 Å². The second-order valence-corrected chi connectivity index (χ2v) is 7.56. The molecule has 0 aliphatic rings. The number of carbonyl (C=O) groups is 1. The van der Waals surface area contributed by atoms with Gasteiger partial charge in [0.05, 0.1) is 5.56 Å². The van der Waals surface area contributed by atoms with Crippen molar-refractivity contribution in [1.82, 2.24) is 9.55 Å². The summed E-state index contributed by atoms with van der Waals surface area (Å²) >= 11 is 1.54. The van der Waals surface area contributed by atoms with Crippen LogP contribution in [0.5, 0.6) is 5.75 Å². The molecule has 0 saturated heterocycles. The van der Waals surface area contributed by atoms with E-state index in [1.54, 1.807) is 17.5 Å². The van der Waals surface area contributed by atoms with Gasteiger partial charge in [-0.05, 0) is 49.7 Å². The highest BCUT2D eigenvalue weighted by Gasteiger charge is 2.17. The van der Waals surface area contributed by atoms with Gasteiger partial charge in [-0.15, -0.1) is 11.3 Å². The molecule has 2 aromatic heterocycles. The van der Waals surface area contributed by atoms with Gasteiger partial charge in [-0.3, -0.25) is 9.36 Å². The van der Waals surface area contributed by atoms with E-state index < -0.39 is 0 Å². The monoisotopic (exact) mass is 403 g/mol. The Balaban J connectivity index is 1.43. The smallest absolute Gasteiger partial charge is 0.257 e. The van der Waals surface area contributed by atoms with Crippen LogP contribution in [0, 0.1) is 13.8 Å². The molecule has 1 N–H and O–H groups in total. The number of rotatable bonds is 6. The molecule has 4 aromatic rings. The normalized spacial score (nSPS) is 10.7. The first-order valence-electron chi connectivity index (χ1n) is 9.29. The Kier molecular flexibility index (Phi) is 5.44. The predicted octanol–water partition coefficient (Wildman–Crippen LogP) is 5.38. The Morgan fingerprint density at radius 1 is 1.10 bits per heavy atom. The molecule has 0 atom stereocenters. The lowest BCUT2D eigenvalue weighted by atomic mass is 10.2. The van der Waals surface area contributed by atoms with Crippen LogP contribution in [0.15, 0.2) is 72.2 Å². The van der Waals surface area contributed by atoms with Gasteiger partial charge in [0.15, 0.2) is 5.13 Å². The predicted molar refractivity (Wildman–Crippen MR) is 116 cm³/mol. The average molecular weight is 404 g/mol. The Morgan fingerprint density at radius 3 is 2.55 bits per heavy atom. The molecule has 0 unspecified atom stereocenters. The zero-order valence-corrected chi connectivity index (χ0v) is 17.1. The van der Waals surface area contributed by atoms with E-state index in [4.69, 9.17) is 4.74 Å². The minimum absolute atomic E-state index is 0.140. The number of nitrogens with one attached hydrogen (secondary N) is 1. The van der Waals surface area contributed by atoms with Crippen molar-refractivity contribution in [2.75, 3.05) is 5.32 Å². The average Bonchev–Trinajstić information content (AvgIpc) is 3.36. The molecule has 0 spiro atoms. The summed E-state index contributed by atoms with van der Waals surface area (Å²) in [7, 11) is 0. The molecule has 0 aliphatic heterocycles. The summed E-state index contributed by atoms with van der Waals surface area (Å²) in [6.45, 7) is 4.42. The van der Waals surface area contributed by atoms with E-state index in [1.807, 2.05) is 84.5 Å². The fourth-order valence-electron chi connectivity index (χ4n) is 3.19. The number of anilines is 1. The lowest BCUT2D eigenvalue weighted by molar-refractivity contribution is 0.102. The van der Waals surface area contributed by atoms with Gasteiger partial charge in [0.25, 0.3) is 5.91 Å². The number of aromatic nitrogens is 2. The summed E-state index contributed by atoms with van der Waals surface area (Å²) in [5, 5.41) is 5.75. The SMILES string of the molecule is Cc1cc(C(=O)Nc2ccc(OCc3ccccc3)cc2)c(C)n1-c1nccs1. The number of carbonyl (C=O) groups excluding carboxylic acids is 1. The number of benzene rings is 2. The number of thiazole rings is 1. The molecule has 0 aliphatic carbocycles. The molecule has 0 bridgehead atoms. The van der Waals surface area contributed by atoms with Crippen LogP contribution in [0.4, 0.5) is 5.69 Å². The molecule has 0 radical (unpaired) electrons. The van der Waals surface area contributed by atoms with Crippen LogP contribution in [-0.2, 0) is 6.61 Å². The van der Waals surface area contributed by atoms with Crippen molar-refractivity contribution in [3.63, 3.8) is 0 Å². The zero-order chi connectivity index (χ0) is 20.2. The van der Waals surface area contributed by atoms with Crippen molar-refractivity contribution in [2.24, 2.45) is 0 Å². The maximum Gasteiger partial charge on any atom is 0.257 e. The van der Waals surface area contributed by atoms with Crippen molar-refractivity contribution >= 4 is 22.9 Å². The molecule has 146 valence electrons. The summed E-state index contributed by atoms with van der Waals surface area (Å²) < 4.78 is 7.79. The highest BCUT2D eigenvalue weighted by Crippen LogP contribution is 2.24. The first-order valence-corrected chi connectivity index (χ1v) is 10.2. The third-order valence-electron chi connectivity index (χ3n) is 4.65. The van der Waals surface area contributed by atoms with Gasteiger partial charge in [0.1, 0.15) is 12.4 Å². The third kappa shape index (κ3) is 4.22. The minimum atomic E-state index is -0.140. The number of aryl methyl sites for hydroxylation is 1. The van der Waals surface area contributed by atoms with Crippen LogP contribution in [0.2, 0.25) is 0 Å². The van der Waals surface area contributed by atoms with Crippen molar-refractivity contribution < 1.29 is 9.53 Å². The molecule has 2 heterocycles. The summed E-state index contributed by atoms with van der Waals surface area (Å²) in [5.74, 6) is 0.618. The molecule has 6 heteroatoms. The van der Waals surface area contributed by atoms with Crippen LogP contribution in [0.25, 0.3) is 5.13 Å². The molecular weight excluding hydrogens is 382 g/mol. The van der Waals surface area contributed by atoms with Gasteiger partial charge in [-0.1, -0.05) is 30.3 Å². The molecule has 5 nitrogen and oxygen atoms in total. The first-order chi connectivity index (χ1) is 14.1. The van der Waals surface area contributed by atoms with Crippen molar-refractivity contribution in [3.8, 4) is 10.9 Å². The van der Waals surface area contributed by atoms with E-state index >= 15 is 0 Å². The van der Waals surface area contributed by atoms with Gasteiger partial charge in [-0.25, -0.2) is 4.98 Å². The summed E-state index contributed by atoms with van der Waals surface area (Å²) in [6, 6.07) is 19.3. The molecule has 0 saturated carbocycles. The second kappa shape index (κ2) is 8.32. The van der Waals surface area contributed by atoms with Gasteiger partial charge >= 0.3 is 0 Å². The Bertz CT molecular complexity index is 1100. The number of hydrogen-bond donors (Lipinski definition) is 1. The standard InChI is InChI=1S/C23H21N3O2S/c1-16-14-21(17(2)26(16)23-24-12-13-29-23)22(27)25-19-8-10-20(11-9-19)28-15-18-6-4-3-5-7-18/h3-14H,15H2,1-2H3,(H,25,27). The van der Waals surface area contributed by atoms with Gasteiger partial charge in [-0.2, -0.15) is 0 Å². The van der Waals surface area contributed by atoms with Crippen molar-refractivity contribution in [3.05, 3.63) is 94.8 Å². The summed E-state index contributed by atoms with van der Waals surface area (Å²) in [6.07, 6.45) is 1.76. The van der Waals surface area contributed by atoms with E-state index in [9.17, 15) is 4.79 Å². The van der Waals surface area contributed by atoms with Gasteiger partial charge in [0, 0.05) is 28.7 Å². The highest BCUT2D eigenvalue weighted by atomic mass is 32.1. The van der Waals surface area contributed by atoms with Crippen molar-refractivity contribution in [1.29, 1.82) is 0 Å². The third-order valence-corrected chi connectivity index (χ3v) is 5.40. The number of ether oxygens (including phenoxy) is 1. The Labute approximate surface area is 173 Å². The summed E-state index contributed by atoms with van der Waals surface area (Å²) in [5.41, 5.74) is 4.33. The van der Waals surface area contributed by atoms with Crippen LogP contribution < -0.4 is 10.1 Å². The molecule has 0 fully saturated rings. The van der Waals surface area contributed by atoms with E-state index in [0.717, 1.165) is 33.5 Å². The van der Waals surface area contributed by atoms with E-state index in [1.165, 1.54) is 0 Å². The molecule has 2 aromatic carbocycles. The lowest BCUT2D eigenvalue weighted by Gasteiger charge is -2.09. The topological polar surface area (TPSA) is 56.1 Å². The van der Waals surface area contributed by atoms with Crippen LogP contribution in [-0.4, -0.2) is 15.5 Å². The second-order valence-electron chi connectivity index (χ2n) is 6.69. The van der Waals surface area contributed by atoms with E-state index in [0.29, 0.717) is 12.2 Å². The summed E-state index contributed by atoms with van der Waals surface area (Å²) in [4.78, 5) is 17.1. The fraction of sp³-hybridized carbons (Fsp3) is 0.130. The number of nitrogens with zero attached hydrogens (tertiary/aromatic N) is 2. The minimum Gasteiger partial charge on any atom is -0.489 e. The largest absolute Gasteiger partial charge is 0.489 e. The maximum atomic E-state index is 12.8. The molecule has 29 heavy (non-hydrogen) atoms.